The third-order valence-corrected chi connectivity index (χ3v) is 3.48. The molecule has 0 amide bonds. The minimum absolute atomic E-state index is 0.518. The molecule has 1 aromatic heterocycles. The van der Waals surface area contributed by atoms with Gasteiger partial charge in [-0.2, -0.15) is 5.10 Å². The van der Waals surface area contributed by atoms with Gasteiger partial charge in [0.15, 0.2) is 11.5 Å². The molecule has 2 rings (SSSR count). The number of aromatic nitrogens is 2. The van der Waals surface area contributed by atoms with Crippen LogP contribution >= 0.6 is 0 Å². The molecule has 5 heteroatoms. The molecule has 0 aliphatic carbocycles. The molecule has 1 heterocycles. The number of ether oxygens (including phenoxy) is 2. The molecule has 1 atom stereocenters. The fourth-order valence-corrected chi connectivity index (χ4v) is 2.41. The van der Waals surface area contributed by atoms with E-state index in [1.54, 1.807) is 20.3 Å². The van der Waals surface area contributed by atoms with Crippen LogP contribution in [-0.4, -0.2) is 29.1 Å². The van der Waals surface area contributed by atoms with E-state index in [0.29, 0.717) is 17.9 Å². The Labute approximate surface area is 125 Å². The van der Waals surface area contributed by atoms with Crippen molar-refractivity contribution in [3.63, 3.8) is 0 Å². The van der Waals surface area contributed by atoms with Gasteiger partial charge in [0.2, 0.25) is 0 Å². The van der Waals surface area contributed by atoms with Crippen LogP contribution in [0.15, 0.2) is 24.3 Å². The highest BCUT2D eigenvalue weighted by Gasteiger charge is 2.15. The molecule has 0 saturated carbocycles. The lowest BCUT2D eigenvalue weighted by molar-refractivity contribution is 0.175. The maximum atomic E-state index is 10.4. The van der Waals surface area contributed by atoms with Crippen LogP contribution in [0, 0.1) is 6.92 Å². The number of methoxy groups -OCH3 is 2. The molecule has 1 unspecified atom stereocenters. The average molecular weight is 290 g/mol. The number of aliphatic hydroxyl groups excluding tert-OH is 1. The van der Waals surface area contributed by atoms with E-state index >= 15 is 0 Å². The number of benzene rings is 1. The first-order valence-electron chi connectivity index (χ1n) is 7.02. The van der Waals surface area contributed by atoms with E-state index in [0.717, 1.165) is 23.5 Å². The molecule has 1 N–H and O–H groups in total. The van der Waals surface area contributed by atoms with Crippen molar-refractivity contribution in [2.45, 2.75) is 32.9 Å². The number of hydrogen-bond acceptors (Lipinski definition) is 4. The quantitative estimate of drug-likeness (QED) is 0.888. The van der Waals surface area contributed by atoms with Crippen LogP contribution in [0.2, 0.25) is 0 Å². The molecule has 1 aromatic carbocycles. The second kappa shape index (κ2) is 6.63. The third kappa shape index (κ3) is 3.36. The fraction of sp³-hybridized carbons (Fsp3) is 0.438. The average Bonchev–Trinajstić information content (AvgIpc) is 2.86. The number of aliphatic hydroxyl groups is 1. The zero-order chi connectivity index (χ0) is 15.4. The van der Waals surface area contributed by atoms with Gasteiger partial charge in [0.05, 0.1) is 26.0 Å². The van der Waals surface area contributed by atoms with Crippen molar-refractivity contribution in [3.05, 3.63) is 41.2 Å². The zero-order valence-electron chi connectivity index (χ0n) is 13.0. The van der Waals surface area contributed by atoms with Crippen LogP contribution in [0.5, 0.6) is 11.5 Å². The molecular formula is C16H22N2O3. The monoisotopic (exact) mass is 290 g/mol. The Morgan fingerprint density at radius 1 is 1.19 bits per heavy atom. The normalized spacial score (nSPS) is 12.2. The molecule has 0 aliphatic rings. The van der Waals surface area contributed by atoms with E-state index in [9.17, 15) is 5.11 Å². The molecule has 0 spiro atoms. The minimum Gasteiger partial charge on any atom is -0.493 e. The largest absolute Gasteiger partial charge is 0.493 e. The van der Waals surface area contributed by atoms with E-state index in [1.807, 2.05) is 36.7 Å². The molecule has 21 heavy (non-hydrogen) atoms. The van der Waals surface area contributed by atoms with Crippen molar-refractivity contribution in [1.82, 2.24) is 9.78 Å². The predicted octanol–water partition coefficient (Wildman–Crippen LogP) is 2.50. The lowest BCUT2D eigenvalue weighted by Gasteiger charge is -2.14. The predicted molar refractivity (Wildman–Crippen MR) is 80.8 cm³/mol. The maximum absolute atomic E-state index is 10.4. The van der Waals surface area contributed by atoms with E-state index in [1.165, 1.54) is 0 Å². The van der Waals surface area contributed by atoms with Crippen molar-refractivity contribution < 1.29 is 14.6 Å². The van der Waals surface area contributed by atoms with Gasteiger partial charge < -0.3 is 14.6 Å². The Balaban J connectivity index is 2.21. The van der Waals surface area contributed by atoms with Gasteiger partial charge >= 0.3 is 0 Å². The van der Waals surface area contributed by atoms with E-state index in [-0.39, 0.29) is 0 Å². The first kappa shape index (κ1) is 15.4. The summed E-state index contributed by atoms with van der Waals surface area (Å²) in [4.78, 5) is 0. The van der Waals surface area contributed by atoms with Gasteiger partial charge in [0.25, 0.3) is 0 Å². The van der Waals surface area contributed by atoms with Crippen LogP contribution in [-0.2, 0) is 13.0 Å². The van der Waals surface area contributed by atoms with Gasteiger partial charge in [0.1, 0.15) is 0 Å². The van der Waals surface area contributed by atoms with Crippen LogP contribution in [0.4, 0.5) is 0 Å². The Bertz CT molecular complexity index is 608. The summed E-state index contributed by atoms with van der Waals surface area (Å²) in [5.41, 5.74) is 2.79. The van der Waals surface area contributed by atoms with Crippen molar-refractivity contribution in [2.75, 3.05) is 14.2 Å². The second-order valence-corrected chi connectivity index (χ2v) is 4.93. The van der Waals surface area contributed by atoms with Crippen LogP contribution in [0.3, 0.4) is 0 Å². The molecule has 2 aromatic rings. The van der Waals surface area contributed by atoms with Gasteiger partial charge in [-0.1, -0.05) is 6.07 Å². The molecule has 114 valence electrons. The number of aryl methyl sites for hydroxylation is 2. The first-order chi connectivity index (χ1) is 10.1. The van der Waals surface area contributed by atoms with Crippen molar-refractivity contribution in [3.8, 4) is 11.5 Å². The minimum atomic E-state index is -0.605. The van der Waals surface area contributed by atoms with Gasteiger partial charge in [-0.15, -0.1) is 0 Å². The summed E-state index contributed by atoms with van der Waals surface area (Å²) in [6.07, 6.45) is -0.0873. The number of nitrogens with zero attached hydrogens (tertiary/aromatic N) is 2. The van der Waals surface area contributed by atoms with Gasteiger partial charge in [-0.25, -0.2) is 0 Å². The van der Waals surface area contributed by atoms with Crippen molar-refractivity contribution in [2.24, 2.45) is 0 Å². The summed E-state index contributed by atoms with van der Waals surface area (Å²) >= 11 is 0. The van der Waals surface area contributed by atoms with E-state index in [2.05, 4.69) is 5.10 Å². The number of rotatable bonds is 6. The number of hydrogen-bond donors (Lipinski definition) is 1. The maximum Gasteiger partial charge on any atom is 0.161 e. The third-order valence-electron chi connectivity index (χ3n) is 3.48. The van der Waals surface area contributed by atoms with Gasteiger partial charge in [-0.3, -0.25) is 4.68 Å². The first-order valence-corrected chi connectivity index (χ1v) is 7.02. The highest BCUT2D eigenvalue weighted by atomic mass is 16.5. The summed E-state index contributed by atoms with van der Waals surface area (Å²) in [5.74, 6) is 1.28. The Morgan fingerprint density at radius 3 is 2.52 bits per heavy atom. The Kier molecular flexibility index (Phi) is 4.85. The fourth-order valence-electron chi connectivity index (χ4n) is 2.41. The van der Waals surface area contributed by atoms with Crippen LogP contribution in [0.25, 0.3) is 0 Å². The lowest BCUT2D eigenvalue weighted by atomic mass is 10.0. The van der Waals surface area contributed by atoms with Gasteiger partial charge in [-0.05, 0) is 37.6 Å². The molecule has 0 aliphatic heterocycles. The Hall–Kier alpha value is -2.01. The summed E-state index contributed by atoms with van der Waals surface area (Å²) in [6, 6.07) is 7.47. The lowest BCUT2D eigenvalue weighted by Crippen LogP contribution is -2.08. The molecule has 0 fully saturated rings. The summed E-state index contributed by atoms with van der Waals surface area (Å²) in [6.45, 7) is 4.79. The summed E-state index contributed by atoms with van der Waals surface area (Å²) in [7, 11) is 3.18. The van der Waals surface area contributed by atoms with Crippen molar-refractivity contribution in [1.29, 1.82) is 0 Å². The summed E-state index contributed by atoms with van der Waals surface area (Å²) < 4.78 is 12.4. The van der Waals surface area contributed by atoms with Crippen molar-refractivity contribution >= 4 is 0 Å². The zero-order valence-corrected chi connectivity index (χ0v) is 13.0. The van der Waals surface area contributed by atoms with E-state index < -0.39 is 6.10 Å². The standard InChI is InChI=1S/C16H22N2O3/c1-5-18-13(8-11(2)17-18)10-14(19)12-6-7-15(20-3)16(9-12)21-4/h6-9,14,19H,5,10H2,1-4H3. The van der Waals surface area contributed by atoms with Crippen LogP contribution < -0.4 is 9.47 Å². The highest BCUT2D eigenvalue weighted by molar-refractivity contribution is 5.43. The topological polar surface area (TPSA) is 56.5 Å². The molecule has 0 bridgehead atoms. The second-order valence-electron chi connectivity index (χ2n) is 4.93. The smallest absolute Gasteiger partial charge is 0.161 e. The Morgan fingerprint density at radius 2 is 1.90 bits per heavy atom. The molecule has 0 radical (unpaired) electrons. The molecule has 5 nitrogen and oxygen atoms in total. The van der Waals surface area contributed by atoms with E-state index in [4.69, 9.17) is 9.47 Å². The molecular weight excluding hydrogens is 268 g/mol. The van der Waals surface area contributed by atoms with Crippen LogP contribution in [0.1, 0.15) is 30.0 Å². The SMILES string of the molecule is CCn1nc(C)cc1CC(O)c1ccc(OC)c(OC)c1. The highest BCUT2D eigenvalue weighted by Crippen LogP contribution is 2.31. The summed E-state index contributed by atoms with van der Waals surface area (Å²) in [5, 5.41) is 14.8. The molecule has 0 saturated heterocycles. The van der Waals surface area contributed by atoms with Gasteiger partial charge in [0, 0.05) is 18.7 Å².